The number of nitrogens with one attached hydrogen (secondary N) is 2. The molecule has 0 radical (unpaired) electrons. The number of carbonyl (C=O) groups is 5. The minimum absolute atomic E-state index is 0. The van der Waals surface area contributed by atoms with E-state index in [1.807, 2.05) is 62.2 Å². The van der Waals surface area contributed by atoms with Gasteiger partial charge in [-0.1, -0.05) is 39.8 Å². The minimum atomic E-state index is -1.09. The molecule has 1 saturated carbocycles. The lowest BCUT2D eigenvalue weighted by Gasteiger charge is -2.44. The van der Waals surface area contributed by atoms with Gasteiger partial charge in [0.1, 0.15) is 18.1 Å². The van der Waals surface area contributed by atoms with E-state index in [1.165, 1.54) is 21.2 Å². The fourth-order valence-electron chi connectivity index (χ4n) is 10.6. The molecule has 6 heterocycles. The van der Waals surface area contributed by atoms with Crippen LogP contribution in [0.15, 0.2) is 54.1 Å². The second kappa shape index (κ2) is 26.4. The van der Waals surface area contributed by atoms with Gasteiger partial charge >= 0.3 is 12.0 Å². The van der Waals surface area contributed by atoms with Crippen molar-refractivity contribution in [2.45, 2.75) is 116 Å². The van der Waals surface area contributed by atoms with Crippen LogP contribution in [0.2, 0.25) is 0 Å². The summed E-state index contributed by atoms with van der Waals surface area (Å²) < 4.78 is 14.3. The van der Waals surface area contributed by atoms with Crippen molar-refractivity contribution in [2.24, 2.45) is 11.3 Å². The molecule has 4 aliphatic rings. The molecule has 2 saturated heterocycles. The number of pyridine rings is 1. The molecule has 0 unspecified atom stereocenters. The van der Waals surface area contributed by atoms with Crippen LogP contribution in [-0.4, -0.2) is 160 Å². The van der Waals surface area contributed by atoms with E-state index in [0.29, 0.717) is 63.5 Å². The molecular formula is C53H80N10O7S5. The first-order valence-corrected chi connectivity index (χ1v) is 26.0. The monoisotopic (exact) mass is 1130 g/mol. The number of aromatic nitrogens is 3. The molecular weight excluding hydrogens is 1050 g/mol. The fourth-order valence-corrected chi connectivity index (χ4v) is 11.5. The van der Waals surface area contributed by atoms with Crippen LogP contribution in [0.5, 0.6) is 0 Å². The second-order valence-electron chi connectivity index (χ2n) is 21.2. The molecule has 1 aromatic carbocycles. The molecule has 2 N–H and O–H groups in total. The van der Waals surface area contributed by atoms with Crippen LogP contribution < -0.4 is 10.7 Å². The molecule has 3 aromatic heterocycles. The van der Waals surface area contributed by atoms with Crippen LogP contribution in [0.25, 0.3) is 33.4 Å². The number of hydrogen-bond acceptors (Lipinski definition) is 12. The topological polar surface area (TPSA) is 175 Å². The molecule has 1 aliphatic carbocycles. The van der Waals surface area contributed by atoms with Crippen LogP contribution in [0.4, 0.5) is 4.79 Å². The first kappa shape index (κ1) is 63.2. The van der Waals surface area contributed by atoms with Gasteiger partial charge in [-0.15, -0.1) is 11.3 Å². The Morgan fingerprint density at radius 1 is 1.04 bits per heavy atom. The number of ether oxygens (including phenoxy) is 2. The number of rotatable bonds is 11. The Balaban J connectivity index is 0.00000304. The highest BCUT2D eigenvalue weighted by Gasteiger charge is 2.54. The molecule has 5 amide bonds. The van der Waals surface area contributed by atoms with Crippen molar-refractivity contribution >= 4 is 106 Å². The van der Waals surface area contributed by atoms with Crippen LogP contribution in [-0.2, 0) is 48.0 Å². The third-order valence-corrected chi connectivity index (χ3v) is 15.4. The quantitative estimate of drug-likeness (QED) is 0.124. The van der Waals surface area contributed by atoms with Gasteiger partial charge in [-0.3, -0.25) is 29.2 Å². The normalized spacial score (nSPS) is 20.0. The molecule has 22 heteroatoms. The number of piperazine rings is 1. The van der Waals surface area contributed by atoms with E-state index in [-0.39, 0.29) is 91.0 Å². The maximum Gasteiger partial charge on any atom is 0.324 e. The highest BCUT2D eigenvalue weighted by Crippen LogP contribution is 2.45. The van der Waals surface area contributed by atoms with E-state index in [9.17, 15) is 24.0 Å². The molecule has 75 heavy (non-hydrogen) atoms. The van der Waals surface area contributed by atoms with Gasteiger partial charge in [-0.05, 0) is 95.8 Å². The molecule has 6 bridgehead atoms. The Bertz CT molecular complexity index is 2690. The summed E-state index contributed by atoms with van der Waals surface area (Å²) in [7, 11) is 7.21. The number of likely N-dealkylation sites (N-methyl/N-ethyl adjacent to an activating group) is 2. The van der Waals surface area contributed by atoms with Gasteiger partial charge in [0.25, 0.3) is 5.91 Å². The number of hydrogen-bond donors (Lipinski definition) is 2. The number of benzene rings is 1. The summed E-state index contributed by atoms with van der Waals surface area (Å²) in [5.41, 5.74) is 8.87. The smallest absolute Gasteiger partial charge is 0.324 e. The lowest BCUT2D eigenvalue weighted by Crippen LogP contribution is -2.64. The Kier molecular flexibility index (Phi) is 22.2. The molecule has 4 aromatic rings. The highest BCUT2D eigenvalue weighted by molar-refractivity contribution is 7.59. The van der Waals surface area contributed by atoms with E-state index >= 15 is 0 Å². The van der Waals surface area contributed by atoms with Gasteiger partial charge < -0.3 is 39.0 Å². The Morgan fingerprint density at radius 2 is 1.77 bits per heavy atom. The van der Waals surface area contributed by atoms with Gasteiger partial charge in [0.2, 0.25) is 11.8 Å². The summed E-state index contributed by atoms with van der Waals surface area (Å²) >= 11 is 1.41. The Morgan fingerprint density at radius 3 is 2.44 bits per heavy atom. The molecule has 17 nitrogen and oxygen atoms in total. The van der Waals surface area contributed by atoms with Gasteiger partial charge in [-0.2, -0.15) is 54.0 Å². The van der Waals surface area contributed by atoms with E-state index in [4.69, 9.17) is 19.4 Å². The number of carbonyl (C=O) groups excluding carboxylic acids is 5. The van der Waals surface area contributed by atoms with E-state index < -0.39 is 46.9 Å². The lowest BCUT2D eigenvalue weighted by molar-refractivity contribution is -0.155. The standard InChI is InChI=1S/C53H72N10O7S.4H2S/c1-11-61-42-19-18-35-27-37(42)38(47(61)36-15-12-22-54-45(36)34(4)69-10)29-52(5,6)32-70-50(67)39-16-13-24-63(57-39)49(66)40(28-43-55-41(35)30-71-43)56-48(65)46(33(2)3)59(9)51(68)60-25-26-62(53(31-60)20-21-53)44(64)17-14-23-58(7)8;;;;/h12,14-15,17-19,22,27,30,33-34,39-40,46,57H,11,13,16,20-21,23-26,28-29,31-32H2,1-10H3,(H,56,65);4*1H2/b17-14+;;;;/t34-,39-,40-,46-;;;;/m0..../s1. The van der Waals surface area contributed by atoms with Crippen LogP contribution in [0, 0.1) is 11.3 Å². The third-order valence-electron chi connectivity index (χ3n) is 14.5. The lowest BCUT2D eigenvalue weighted by atomic mass is 9.84. The maximum atomic E-state index is 14.8. The second-order valence-corrected chi connectivity index (χ2v) is 22.1. The zero-order valence-electron chi connectivity index (χ0n) is 45.1. The fraction of sp³-hybridized carbons (Fsp3) is 0.566. The van der Waals surface area contributed by atoms with Gasteiger partial charge in [-0.25, -0.2) is 15.2 Å². The predicted molar refractivity (Wildman–Crippen MR) is 316 cm³/mol. The molecule has 8 rings (SSSR count). The predicted octanol–water partition coefficient (Wildman–Crippen LogP) is 6.52. The average molecular weight is 1130 g/mol. The molecule has 1 spiro atoms. The first-order chi connectivity index (χ1) is 33.8. The summed E-state index contributed by atoms with van der Waals surface area (Å²) in [6.07, 6.45) is 8.27. The SMILES string of the molecule is CCn1c(-c2cccnc2[C@H](C)OC)c2c3cc(ccc31)-c1csc(n1)C[C@H](NC(=O)[C@H](C(C)C)N(C)C(=O)N1CCN(C(=O)/C=C/CN(C)C)C3(CC3)C1)C(=O)N1CCC[C@H](N1)C(=O)OCC(C)(C)C2.S.S.S.S. The Labute approximate surface area is 474 Å². The minimum Gasteiger partial charge on any atom is -0.464 e. The van der Waals surface area contributed by atoms with E-state index in [0.717, 1.165) is 57.5 Å². The summed E-state index contributed by atoms with van der Waals surface area (Å²) in [5.74, 6) is -1.73. The number of hydrazine groups is 1. The van der Waals surface area contributed by atoms with Crippen LogP contribution in [0.3, 0.4) is 0 Å². The van der Waals surface area contributed by atoms with Gasteiger partial charge in [0.05, 0.1) is 40.3 Å². The van der Waals surface area contributed by atoms with Gasteiger partial charge in [0.15, 0.2) is 0 Å². The van der Waals surface area contributed by atoms with E-state index in [1.54, 1.807) is 31.3 Å². The van der Waals surface area contributed by atoms with E-state index in [2.05, 4.69) is 60.3 Å². The highest BCUT2D eigenvalue weighted by atomic mass is 32.1. The van der Waals surface area contributed by atoms with Crippen LogP contribution in [0.1, 0.15) is 89.6 Å². The number of cyclic esters (lactones) is 1. The summed E-state index contributed by atoms with van der Waals surface area (Å²) in [4.78, 5) is 88.0. The number of methoxy groups -OCH3 is 1. The number of urea groups is 1. The van der Waals surface area contributed by atoms with Crippen molar-refractivity contribution in [3.05, 3.63) is 70.3 Å². The average Bonchev–Trinajstić information content (AvgIpc) is 3.81. The first-order valence-electron chi connectivity index (χ1n) is 25.1. The van der Waals surface area contributed by atoms with Crippen molar-refractivity contribution in [3.63, 3.8) is 0 Å². The van der Waals surface area contributed by atoms with Crippen molar-refractivity contribution in [1.82, 2.24) is 49.9 Å². The number of nitrogens with zero attached hydrogens (tertiary/aromatic N) is 8. The van der Waals surface area contributed by atoms with Crippen molar-refractivity contribution in [1.29, 1.82) is 0 Å². The largest absolute Gasteiger partial charge is 0.464 e. The molecule has 3 aliphatic heterocycles. The third kappa shape index (κ3) is 13.7. The Hall–Kier alpha value is -4.29. The zero-order valence-corrected chi connectivity index (χ0v) is 49.9. The number of amides is 5. The van der Waals surface area contributed by atoms with Crippen molar-refractivity contribution in [3.8, 4) is 22.5 Å². The maximum absolute atomic E-state index is 14.8. The molecule has 4 atom stereocenters. The number of aryl methyl sites for hydroxylation is 1. The van der Waals surface area contributed by atoms with Crippen molar-refractivity contribution < 1.29 is 33.4 Å². The summed E-state index contributed by atoms with van der Waals surface area (Å²) in [6.45, 7) is 15.0. The summed E-state index contributed by atoms with van der Waals surface area (Å²) in [6, 6.07) is 7.32. The number of fused-ring (bicyclic) bond motifs is 6. The van der Waals surface area contributed by atoms with Crippen LogP contribution >= 0.6 is 65.3 Å². The number of esters is 1. The molecule has 3 fully saturated rings. The van der Waals surface area contributed by atoms with Gasteiger partial charge in [0, 0.05) is 105 Å². The summed E-state index contributed by atoms with van der Waals surface area (Å²) in [5, 5.41) is 8.17. The zero-order chi connectivity index (χ0) is 50.9. The van der Waals surface area contributed by atoms with Crippen molar-refractivity contribution in [2.75, 3.05) is 67.6 Å². The molecule has 414 valence electrons. The number of thiazole rings is 1.